The predicted octanol–water partition coefficient (Wildman–Crippen LogP) is 2.95. The van der Waals surface area contributed by atoms with Gasteiger partial charge in [0, 0.05) is 34.7 Å². The summed E-state index contributed by atoms with van der Waals surface area (Å²) in [6, 6.07) is 14.7. The Balaban J connectivity index is 1.90. The zero-order valence-corrected chi connectivity index (χ0v) is 14.2. The van der Waals surface area contributed by atoms with Crippen LogP contribution in [0.5, 0.6) is 0 Å². The zero-order chi connectivity index (χ0) is 18.4. The number of aromatic amines is 1. The van der Waals surface area contributed by atoms with E-state index in [0.29, 0.717) is 16.3 Å². The molecule has 1 aromatic carbocycles. The molecular weight excluding hydrogens is 354 g/mol. The third-order valence-corrected chi connectivity index (χ3v) is 3.48. The van der Waals surface area contributed by atoms with Crippen LogP contribution in [0.25, 0.3) is 0 Å². The summed E-state index contributed by atoms with van der Waals surface area (Å²) in [6.45, 7) is 0. The van der Waals surface area contributed by atoms with Gasteiger partial charge in [-0.3, -0.25) is 19.9 Å². The summed E-state index contributed by atoms with van der Waals surface area (Å²) in [5, 5.41) is 6.19. The first-order valence-corrected chi connectivity index (χ1v) is 8.00. The monoisotopic (exact) mass is 367 g/mol. The number of aliphatic imine (C=N–C) groups is 1. The lowest BCUT2D eigenvalue weighted by atomic mass is 10.2. The molecule has 2 heterocycles. The highest BCUT2D eigenvalue weighted by molar-refractivity contribution is 6.31. The number of rotatable bonds is 3. The molecule has 0 bridgehead atoms. The van der Waals surface area contributed by atoms with E-state index in [9.17, 15) is 9.59 Å². The number of nitrogens with one attached hydrogen (secondary N) is 3. The molecule has 130 valence electrons. The second-order valence-corrected chi connectivity index (χ2v) is 5.62. The summed E-state index contributed by atoms with van der Waals surface area (Å²) < 4.78 is 0. The number of H-pyrrole nitrogens is 1. The van der Waals surface area contributed by atoms with Gasteiger partial charge >= 0.3 is 0 Å². The van der Waals surface area contributed by atoms with Crippen molar-refractivity contribution in [2.45, 2.75) is 0 Å². The second kappa shape index (κ2) is 8.09. The van der Waals surface area contributed by atoms with Crippen LogP contribution in [0.1, 0.15) is 10.4 Å². The van der Waals surface area contributed by atoms with Crippen molar-refractivity contribution in [1.82, 2.24) is 15.3 Å². The smallest absolute Gasteiger partial charge is 0.258 e. The highest BCUT2D eigenvalue weighted by Gasteiger charge is 2.10. The predicted molar refractivity (Wildman–Crippen MR) is 101 cm³/mol. The number of hydrogen-bond donors (Lipinski definition) is 3. The summed E-state index contributed by atoms with van der Waals surface area (Å²) >= 11 is 5.99. The van der Waals surface area contributed by atoms with Gasteiger partial charge in [-0.25, -0.2) is 0 Å². The van der Waals surface area contributed by atoms with Gasteiger partial charge in [0.25, 0.3) is 5.91 Å². The molecule has 0 radical (unpaired) electrons. The van der Waals surface area contributed by atoms with Crippen LogP contribution in [0.4, 0.5) is 11.5 Å². The van der Waals surface area contributed by atoms with Gasteiger partial charge < -0.3 is 10.3 Å². The Morgan fingerprint density at radius 3 is 2.58 bits per heavy atom. The van der Waals surface area contributed by atoms with E-state index in [2.05, 4.69) is 25.6 Å². The fraction of sp³-hybridized carbons (Fsp3) is 0. The Labute approximate surface area is 153 Å². The molecule has 0 saturated heterocycles. The van der Waals surface area contributed by atoms with Crippen molar-refractivity contribution in [3.63, 3.8) is 0 Å². The summed E-state index contributed by atoms with van der Waals surface area (Å²) in [7, 11) is 0. The molecule has 0 spiro atoms. The number of benzene rings is 1. The fourth-order valence-corrected chi connectivity index (χ4v) is 2.29. The topological polar surface area (TPSA) is 99.2 Å². The van der Waals surface area contributed by atoms with Gasteiger partial charge in [0.2, 0.25) is 11.5 Å². The molecule has 0 aliphatic rings. The normalized spacial score (nSPS) is 11.0. The molecule has 1 amide bonds. The van der Waals surface area contributed by atoms with Gasteiger partial charge in [0.05, 0.1) is 0 Å². The highest BCUT2D eigenvalue weighted by Crippen LogP contribution is 2.15. The third-order valence-electron chi connectivity index (χ3n) is 3.25. The van der Waals surface area contributed by atoms with Crippen molar-refractivity contribution in [1.29, 1.82) is 0 Å². The number of nitrogens with zero attached hydrogens (tertiary/aromatic N) is 2. The molecule has 0 unspecified atom stereocenters. The van der Waals surface area contributed by atoms with Gasteiger partial charge in [-0.1, -0.05) is 23.7 Å². The molecule has 0 aliphatic heterocycles. The van der Waals surface area contributed by atoms with Crippen molar-refractivity contribution in [3.8, 4) is 0 Å². The molecule has 8 heteroatoms. The Kier molecular flexibility index (Phi) is 5.40. The number of hydrogen-bond acceptors (Lipinski definition) is 4. The van der Waals surface area contributed by atoms with E-state index in [0.717, 1.165) is 0 Å². The largest absolute Gasteiger partial charge is 0.326 e. The minimum absolute atomic E-state index is 0.135. The molecule has 2 aromatic heterocycles. The molecular formula is C18H14ClN5O2. The first kappa shape index (κ1) is 17.4. The van der Waals surface area contributed by atoms with E-state index in [4.69, 9.17) is 11.6 Å². The van der Waals surface area contributed by atoms with Crippen LogP contribution in [0.3, 0.4) is 0 Å². The maximum Gasteiger partial charge on any atom is 0.258 e. The number of carbonyl (C=O) groups is 1. The molecule has 7 nitrogen and oxygen atoms in total. The van der Waals surface area contributed by atoms with Crippen LogP contribution in [-0.4, -0.2) is 21.8 Å². The van der Waals surface area contributed by atoms with Crippen LogP contribution < -0.4 is 16.2 Å². The number of guanidine groups is 1. The minimum atomic E-state index is -0.376. The van der Waals surface area contributed by atoms with Crippen molar-refractivity contribution in [2.24, 2.45) is 4.99 Å². The minimum Gasteiger partial charge on any atom is -0.326 e. The maximum absolute atomic E-state index is 12.4. The van der Waals surface area contributed by atoms with E-state index in [1.807, 2.05) is 0 Å². The summed E-state index contributed by atoms with van der Waals surface area (Å²) in [5.74, 6) is 0.0481. The van der Waals surface area contributed by atoms with E-state index in [1.165, 1.54) is 18.5 Å². The van der Waals surface area contributed by atoms with Crippen LogP contribution >= 0.6 is 11.6 Å². The molecule has 0 aliphatic carbocycles. The number of carbonyl (C=O) groups excluding carboxylic acids is 1. The summed E-state index contributed by atoms with van der Waals surface area (Å²) in [4.78, 5) is 34.6. The molecule has 26 heavy (non-hydrogen) atoms. The van der Waals surface area contributed by atoms with Crippen molar-refractivity contribution in [2.75, 3.05) is 5.32 Å². The molecule has 3 rings (SSSR count). The van der Waals surface area contributed by atoms with Gasteiger partial charge in [-0.15, -0.1) is 0 Å². The Morgan fingerprint density at radius 1 is 1.08 bits per heavy atom. The Morgan fingerprint density at radius 2 is 1.85 bits per heavy atom. The van der Waals surface area contributed by atoms with Crippen LogP contribution in [-0.2, 0) is 0 Å². The average Bonchev–Trinajstić information content (AvgIpc) is 2.62. The lowest BCUT2D eigenvalue weighted by molar-refractivity contribution is 0.0977. The first-order chi connectivity index (χ1) is 12.6. The second-order valence-electron chi connectivity index (χ2n) is 5.19. The molecule has 3 aromatic rings. The number of anilines is 1. The molecule has 0 saturated carbocycles. The van der Waals surface area contributed by atoms with Crippen molar-refractivity contribution in [3.05, 3.63) is 87.9 Å². The Hall–Kier alpha value is -3.45. The SMILES string of the molecule is O=C(N/C(=N/c1cccc(=O)[nH]1)Nc1cccc(Cl)c1)c1ccncc1. The van der Waals surface area contributed by atoms with Gasteiger partial charge in [0.15, 0.2) is 0 Å². The maximum atomic E-state index is 12.4. The lowest BCUT2D eigenvalue weighted by Gasteiger charge is -2.12. The Bertz CT molecular complexity index is 1000. The number of amides is 1. The number of pyridine rings is 2. The first-order valence-electron chi connectivity index (χ1n) is 7.62. The lowest BCUT2D eigenvalue weighted by Crippen LogP contribution is -2.35. The quantitative estimate of drug-likeness (QED) is 0.489. The molecule has 0 atom stereocenters. The van der Waals surface area contributed by atoms with E-state index >= 15 is 0 Å². The fourth-order valence-electron chi connectivity index (χ4n) is 2.09. The van der Waals surface area contributed by atoms with Crippen LogP contribution in [0.2, 0.25) is 5.02 Å². The van der Waals surface area contributed by atoms with Gasteiger partial charge in [0.1, 0.15) is 5.82 Å². The van der Waals surface area contributed by atoms with Gasteiger partial charge in [-0.2, -0.15) is 4.99 Å². The molecule has 0 fully saturated rings. The van der Waals surface area contributed by atoms with E-state index in [1.54, 1.807) is 48.5 Å². The van der Waals surface area contributed by atoms with Crippen molar-refractivity contribution >= 4 is 35.0 Å². The van der Waals surface area contributed by atoms with E-state index in [-0.39, 0.29) is 23.2 Å². The van der Waals surface area contributed by atoms with Crippen LogP contribution in [0, 0.1) is 0 Å². The standard InChI is InChI=1S/C18H14ClN5O2/c19-13-3-1-4-14(11-13)21-18(23-15-5-2-6-16(25)22-15)24-17(26)12-7-9-20-10-8-12/h1-11H,(H3,21,22,23,24,25,26). The summed E-state index contributed by atoms with van der Waals surface area (Å²) in [6.07, 6.45) is 3.04. The average molecular weight is 368 g/mol. The van der Waals surface area contributed by atoms with Crippen molar-refractivity contribution < 1.29 is 4.79 Å². The number of halogens is 1. The third kappa shape index (κ3) is 4.78. The highest BCUT2D eigenvalue weighted by atomic mass is 35.5. The molecule has 3 N–H and O–H groups in total. The van der Waals surface area contributed by atoms with Gasteiger partial charge in [-0.05, 0) is 36.4 Å². The zero-order valence-electron chi connectivity index (χ0n) is 13.4. The number of aromatic nitrogens is 2. The van der Waals surface area contributed by atoms with E-state index < -0.39 is 0 Å². The summed E-state index contributed by atoms with van der Waals surface area (Å²) in [5.41, 5.74) is 0.750. The van der Waals surface area contributed by atoms with Crippen LogP contribution in [0.15, 0.2) is 76.8 Å².